The van der Waals surface area contributed by atoms with Gasteiger partial charge in [-0.05, 0) is 43.2 Å². The molecule has 0 bridgehead atoms. The molecule has 5 nitrogen and oxygen atoms in total. The topological polar surface area (TPSA) is 64.2 Å². The van der Waals surface area contributed by atoms with Crippen LogP contribution in [0.2, 0.25) is 0 Å². The monoisotopic (exact) mass is 310 g/mol. The molecule has 0 saturated heterocycles. The summed E-state index contributed by atoms with van der Waals surface area (Å²) in [5.74, 6) is -0.413. The van der Waals surface area contributed by atoms with E-state index >= 15 is 0 Å². The van der Waals surface area contributed by atoms with Crippen LogP contribution < -0.4 is 11.1 Å². The van der Waals surface area contributed by atoms with Gasteiger partial charge in [0.05, 0.1) is 5.52 Å². The highest BCUT2D eigenvalue weighted by Crippen LogP contribution is 2.16. The van der Waals surface area contributed by atoms with Gasteiger partial charge in [-0.15, -0.1) is 0 Å². The van der Waals surface area contributed by atoms with Crippen LogP contribution in [0.4, 0.5) is 5.69 Å². The highest BCUT2D eigenvalue weighted by Gasteiger charge is 2.08. The van der Waals surface area contributed by atoms with E-state index in [1.807, 2.05) is 43.3 Å². The first-order valence-corrected chi connectivity index (χ1v) is 7.48. The number of rotatable bonds is 4. The number of carbonyl (C=O) groups excluding carboxylic acids is 1. The smallest absolute Gasteiger partial charge is 0.408 e. The third kappa shape index (κ3) is 3.34. The third-order valence-electron chi connectivity index (χ3n) is 3.83. The first-order valence-electron chi connectivity index (χ1n) is 7.48. The summed E-state index contributed by atoms with van der Waals surface area (Å²) in [5, 5.41) is 2.88. The SMILES string of the molecule is Cc1ccc(NC(=O)CCc2ccc3oc(=O)n(C)c3c2)cc1. The molecule has 23 heavy (non-hydrogen) atoms. The fourth-order valence-electron chi connectivity index (χ4n) is 2.45. The lowest BCUT2D eigenvalue weighted by molar-refractivity contribution is -0.116. The van der Waals surface area contributed by atoms with E-state index in [0.29, 0.717) is 18.4 Å². The van der Waals surface area contributed by atoms with E-state index in [2.05, 4.69) is 5.32 Å². The maximum Gasteiger partial charge on any atom is 0.419 e. The summed E-state index contributed by atoms with van der Waals surface area (Å²) >= 11 is 0. The Bertz CT molecular complexity index is 904. The number of fused-ring (bicyclic) bond motifs is 1. The Morgan fingerprint density at radius 2 is 1.91 bits per heavy atom. The molecule has 0 atom stereocenters. The van der Waals surface area contributed by atoms with E-state index in [1.54, 1.807) is 13.1 Å². The predicted molar refractivity (Wildman–Crippen MR) is 89.6 cm³/mol. The number of anilines is 1. The number of aryl methyl sites for hydroxylation is 3. The Labute approximate surface area is 133 Å². The quantitative estimate of drug-likeness (QED) is 0.805. The molecule has 3 rings (SSSR count). The molecule has 1 heterocycles. The molecule has 1 amide bonds. The van der Waals surface area contributed by atoms with Crippen molar-refractivity contribution < 1.29 is 9.21 Å². The van der Waals surface area contributed by atoms with Crippen LogP contribution in [0, 0.1) is 6.92 Å². The van der Waals surface area contributed by atoms with Crippen LogP contribution in [-0.4, -0.2) is 10.5 Å². The summed E-state index contributed by atoms with van der Waals surface area (Å²) in [6.45, 7) is 2.00. The molecule has 5 heteroatoms. The Balaban J connectivity index is 1.65. The van der Waals surface area contributed by atoms with Crippen molar-refractivity contribution in [1.29, 1.82) is 0 Å². The summed E-state index contributed by atoms with van der Waals surface area (Å²) < 4.78 is 6.56. The number of benzene rings is 2. The molecule has 0 radical (unpaired) electrons. The van der Waals surface area contributed by atoms with Crippen LogP contribution in [0.5, 0.6) is 0 Å². The van der Waals surface area contributed by atoms with Gasteiger partial charge < -0.3 is 9.73 Å². The molecule has 0 aliphatic heterocycles. The zero-order chi connectivity index (χ0) is 16.4. The lowest BCUT2D eigenvalue weighted by Crippen LogP contribution is -2.12. The minimum Gasteiger partial charge on any atom is -0.408 e. The number of oxazole rings is 1. The molecular weight excluding hydrogens is 292 g/mol. The fourth-order valence-corrected chi connectivity index (χ4v) is 2.45. The molecule has 3 aromatic rings. The van der Waals surface area contributed by atoms with Gasteiger partial charge >= 0.3 is 5.76 Å². The van der Waals surface area contributed by atoms with Crippen molar-refractivity contribution in [2.75, 3.05) is 5.32 Å². The van der Waals surface area contributed by atoms with Crippen molar-refractivity contribution in [3.63, 3.8) is 0 Å². The van der Waals surface area contributed by atoms with Crippen molar-refractivity contribution in [3.05, 3.63) is 64.1 Å². The number of nitrogens with zero attached hydrogens (tertiary/aromatic N) is 1. The fraction of sp³-hybridized carbons (Fsp3) is 0.222. The van der Waals surface area contributed by atoms with Gasteiger partial charge in [-0.25, -0.2) is 4.79 Å². The van der Waals surface area contributed by atoms with Crippen molar-refractivity contribution in [2.45, 2.75) is 19.8 Å². The molecule has 118 valence electrons. The number of nitrogens with one attached hydrogen (secondary N) is 1. The second kappa shape index (κ2) is 6.12. The van der Waals surface area contributed by atoms with Gasteiger partial charge in [0.25, 0.3) is 0 Å². The van der Waals surface area contributed by atoms with E-state index in [9.17, 15) is 9.59 Å². The van der Waals surface area contributed by atoms with Crippen LogP contribution in [0.1, 0.15) is 17.5 Å². The van der Waals surface area contributed by atoms with Gasteiger partial charge in [-0.1, -0.05) is 23.8 Å². The number of aromatic nitrogens is 1. The van der Waals surface area contributed by atoms with Crippen molar-refractivity contribution >= 4 is 22.7 Å². The Morgan fingerprint density at radius 1 is 1.17 bits per heavy atom. The highest BCUT2D eigenvalue weighted by molar-refractivity contribution is 5.90. The van der Waals surface area contributed by atoms with Crippen LogP contribution in [0.15, 0.2) is 51.7 Å². The van der Waals surface area contributed by atoms with Crippen molar-refractivity contribution in [3.8, 4) is 0 Å². The zero-order valence-corrected chi connectivity index (χ0v) is 13.1. The van der Waals surface area contributed by atoms with E-state index in [1.165, 1.54) is 4.57 Å². The summed E-state index contributed by atoms with van der Waals surface area (Å²) in [4.78, 5) is 23.5. The van der Waals surface area contributed by atoms with E-state index in [0.717, 1.165) is 22.3 Å². The maximum atomic E-state index is 12.0. The number of amides is 1. The van der Waals surface area contributed by atoms with Crippen molar-refractivity contribution in [2.24, 2.45) is 7.05 Å². The molecule has 2 aromatic carbocycles. The standard InChI is InChI=1S/C18H18N2O3/c1-12-3-7-14(8-4-12)19-17(21)10-6-13-5-9-16-15(11-13)20(2)18(22)23-16/h3-5,7-9,11H,6,10H2,1-2H3,(H,19,21). The predicted octanol–water partition coefficient (Wildman–Crippen LogP) is 3.01. The lowest BCUT2D eigenvalue weighted by Gasteiger charge is -2.06. The van der Waals surface area contributed by atoms with Crippen LogP contribution in [-0.2, 0) is 18.3 Å². The van der Waals surface area contributed by atoms with E-state index in [-0.39, 0.29) is 11.7 Å². The van der Waals surface area contributed by atoms with Crippen molar-refractivity contribution in [1.82, 2.24) is 4.57 Å². The molecule has 0 spiro atoms. The van der Waals surface area contributed by atoms with Gasteiger partial charge in [0.15, 0.2) is 5.58 Å². The molecule has 0 fully saturated rings. The summed E-state index contributed by atoms with van der Waals surface area (Å²) in [7, 11) is 1.67. The Morgan fingerprint density at radius 3 is 2.65 bits per heavy atom. The largest absolute Gasteiger partial charge is 0.419 e. The van der Waals surface area contributed by atoms with Crippen LogP contribution >= 0.6 is 0 Å². The first kappa shape index (κ1) is 15.1. The van der Waals surface area contributed by atoms with Gasteiger partial charge in [0.2, 0.25) is 5.91 Å². The molecule has 0 unspecified atom stereocenters. The second-order valence-corrected chi connectivity index (χ2v) is 5.64. The third-order valence-corrected chi connectivity index (χ3v) is 3.83. The van der Waals surface area contributed by atoms with Crippen LogP contribution in [0.3, 0.4) is 0 Å². The molecule has 0 aliphatic carbocycles. The average Bonchev–Trinajstić information content (AvgIpc) is 2.82. The van der Waals surface area contributed by atoms with Crippen LogP contribution in [0.25, 0.3) is 11.1 Å². The lowest BCUT2D eigenvalue weighted by atomic mass is 10.1. The van der Waals surface area contributed by atoms with Gasteiger partial charge in [-0.2, -0.15) is 0 Å². The summed E-state index contributed by atoms with van der Waals surface area (Å²) in [6, 6.07) is 13.2. The molecule has 1 aromatic heterocycles. The maximum absolute atomic E-state index is 12.0. The number of hydrogen-bond donors (Lipinski definition) is 1. The van der Waals surface area contributed by atoms with E-state index < -0.39 is 0 Å². The van der Waals surface area contributed by atoms with Gasteiger partial charge in [0.1, 0.15) is 0 Å². The zero-order valence-electron chi connectivity index (χ0n) is 13.1. The minimum absolute atomic E-state index is 0.0324. The minimum atomic E-state index is -0.380. The second-order valence-electron chi connectivity index (χ2n) is 5.64. The molecule has 0 aliphatic rings. The summed E-state index contributed by atoms with van der Waals surface area (Å²) in [6.07, 6.45) is 0.984. The summed E-state index contributed by atoms with van der Waals surface area (Å²) in [5.41, 5.74) is 4.25. The first-order chi connectivity index (χ1) is 11.0. The molecule has 1 N–H and O–H groups in total. The molecular formula is C18H18N2O3. The molecule has 0 saturated carbocycles. The Hall–Kier alpha value is -2.82. The average molecular weight is 310 g/mol. The Kier molecular flexibility index (Phi) is 4.02. The van der Waals surface area contributed by atoms with E-state index in [4.69, 9.17) is 4.42 Å². The normalized spacial score (nSPS) is 10.9. The number of hydrogen-bond acceptors (Lipinski definition) is 3. The highest BCUT2D eigenvalue weighted by atomic mass is 16.4. The van der Waals surface area contributed by atoms with Gasteiger partial charge in [-0.3, -0.25) is 9.36 Å². The number of carbonyl (C=O) groups is 1. The van der Waals surface area contributed by atoms with Gasteiger partial charge in [0, 0.05) is 19.2 Å².